The third-order valence-electron chi connectivity index (χ3n) is 4.73. The van der Waals surface area contributed by atoms with E-state index in [1.54, 1.807) is 0 Å². The Morgan fingerprint density at radius 2 is 1.72 bits per heavy atom. The van der Waals surface area contributed by atoms with Crippen LogP contribution in [0.1, 0.15) is 74.5 Å². The van der Waals surface area contributed by atoms with Crippen molar-refractivity contribution in [3.05, 3.63) is 0 Å². The molecule has 1 saturated carbocycles. The van der Waals surface area contributed by atoms with E-state index in [4.69, 9.17) is 4.74 Å². The molecule has 6 nitrogen and oxygen atoms in total. The highest BCUT2D eigenvalue weighted by atomic mass is 16.5. The third-order valence-corrected chi connectivity index (χ3v) is 4.73. The van der Waals surface area contributed by atoms with Gasteiger partial charge in [0.05, 0.1) is 6.61 Å². The van der Waals surface area contributed by atoms with Gasteiger partial charge < -0.3 is 15.4 Å². The Balaban J connectivity index is 0. The molecule has 6 heteroatoms. The van der Waals surface area contributed by atoms with Gasteiger partial charge in [0.2, 0.25) is 11.8 Å². The first kappa shape index (κ1) is 21.6. The fourth-order valence-corrected chi connectivity index (χ4v) is 3.09. The number of rotatable bonds is 12. The Labute approximate surface area is 154 Å². The summed E-state index contributed by atoms with van der Waals surface area (Å²) >= 11 is 0. The quantitative estimate of drug-likeness (QED) is 0.525. The van der Waals surface area contributed by atoms with Crippen molar-refractivity contribution < 1.29 is 22.0 Å². The number of carbonyl (C=O) groups excluding carboxylic acids is 3. The van der Waals surface area contributed by atoms with Crippen LogP contribution in [0.3, 0.4) is 0 Å². The molecule has 1 rings (SSSR count). The van der Waals surface area contributed by atoms with E-state index < -0.39 is 0 Å². The molecular weight excluding hydrogens is 320 g/mol. The van der Waals surface area contributed by atoms with Gasteiger partial charge in [0.25, 0.3) is 0 Å². The molecule has 0 aromatic rings. The molecule has 0 saturated heterocycles. The summed E-state index contributed by atoms with van der Waals surface area (Å²) in [4.78, 5) is 34.8. The lowest BCUT2D eigenvalue weighted by Crippen LogP contribution is -2.39. The highest BCUT2D eigenvalue weighted by Crippen LogP contribution is 2.23. The molecule has 0 spiro atoms. The van der Waals surface area contributed by atoms with Gasteiger partial charge in [0.15, 0.2) is 0 Å². The van der Waals surface area contributed by atoms with Crippen molar-refractivity contribution in [1.82, 2.24) is 10.6 Å². The number of ketones is 1. The Hall–Kier alpha value is -1.43. The SMILES string of the molecule is CCOCCC(=O)NCC1CCC(NC(=O)CCCC(=O)CC)CC1.[HH].[HH]. The molecule has 25 heavy (non-hydrogen) atoms. The number of nitrogens with one attached hydrogen (secondary N) is 2. The number of amides is 2. The minimum atomic E-state index is 0. The largest absolute Gasteiger partial charge is 0.381 e. The van der Waals surface area contributed by atoms with E-state index in [9.17, 15) is 14.4 Å². The van der Waals surface area contributed by atoms with Crippen molar-refractivity contribution in [2.24, 2.45) is 5.92 Å². The molecule has 0 aromatic carbocycles. The normalized spacial score (nSPS) is 20.1. The van der Waals surface area contributed by atoms with Crippen molar-refractivity contribution in [3.63, 3.8) is 0 Å². The first-order valence-electron chi connectivity index (χ1n) is 9.70. The minimum Gasteiger partial charge on any atom is -0.381 e. The fraction of sp³-hybridized carbons (Fsp3) is 0.842. The number of ether oxygens (including phenoxy) is 1. The van der Waals surface area contributed by atoms with Gasteiger partial charge in [-0.1, -0.05) is 6.92 Å². The van der Waals surface area contributed by atoms with E-state index in [-0.39, 0.29) is 26.5 Å². The lowest BCUT2D eigenvalue weighted by molar-refractivity contribution is -0.123. The number of hydrogen-bond acceptors (Lipinski definition) is 4. The predicted molar refractivity (Wildman–Crippen MR) is 101 cm³/mol. The summed E-state index contributed by atoms with van der Waals surface area (Å²) in [6.45, 7) is 5.59. The van der Waals surface area contributed by atoms with Crippen LogP contribution in [-0.4, -0.2) is 43.4 Å². The molecule has 0 atom stereocenters. The van der Waals surface area contributed by atoms with Crippen molar-refractivity contribution >= 4 is 17.6 Å². The zero-order valence-electron chi connectivity index (χ0n) is 15.8. The Morgan fingerprint density at radius 3 is 2.36 bits per heavy atom. The van der Waals surface area contributed by atoms with Gasteiger partial charge in [0, 0.05) is 47.7 Å². The molecule has 148 valence electrons. The Kier molecular flexibility index (Phi) is 11.1. The van der Waals surface area contributed by atoms with Gasteiger partial charge in [-0.15, -0.1) is 0 Å². The van der Waals surface area contributed by atoms with Gasteiger partial charge in [-0.05, 0) is 44.9 Å². The summed E-state index contributed by atoms with van der Waals surface area (Å²) in [5, 5.41) is 6.05. The smallest absolute Gasteiger partial charge is 0.222 e. The zero-order chi connectivity index (χ0) is 18.5. The number of carbonyl (C=O) groups is 3. The predicted octanol–water partition coefficient (Wildman–Crippen LogP) is 2.85. The third kappa shape index (κ3) is 10.2. The first-order chi connectivity index (χ1) is 12.0. The first-order valence-corrected chi connectivity index (χ1v) is 9.70. The van der Waals surface area contributed by atoms with Crippen molar-refractivity contribution in [2.45, 2.75) is 77.7 Å². The Bertz CT molecular complexity index is 428. The van der Waals surface area contributed by atoms with Crippen LogP contribution in [0.25, 0.3) is 0 Å². The van der Waals surface area contributed by atoms with E-state index in [0.29, 0.717) is 57.8 Å². The molecule has 2 amide bonds. The van der Waals surface area contributed by atoms with Crippen LogP contribution < -0.4 is 10.6 Å². The molecule has 0 unspecified atom stereocenters. The fourth-order valence-electron chi connectivity index (χ4n) is 3.09. The standard InChI is InChI=1S/C19H34N2O4.2H2/c1-3-17(22)6-5-7-19(24)21-16-10-8-15(9-11-16)14-20-18(23)12-13-25-4-2;;/h15-16H,3-14H2,1-2H3,(H,20,23)(H,21,24);2*1H. The van der Waals surface area contributed by atoms with Gasteiger partial charge in [-0.3, -0.25) is 14.4 Å². The average molecular weight is 359 g/mol. The van der Waals surface area contributed by atoms with Crippen LogP contribution in [0.15, 0.2) is 0 Å². The van der Waals surface area contributed by atoms with Gasteiger partial charge in [0.1, 0.15) is 5.78 Å². The number of hydrogen-bond donors (Lipinski definition) is 2. The second-order valence-electron chi connectivity index (χ2n) is 6.78. The lowest BCUT2D eigenvalue weighted by Gasteiger charge is -2.29. The highest BCUT2D eigenvalue weighted by molar-refractivity contribution is 5.80. The van der Waals surface area contributed by atoms with E-state index in [2.05, 4.69) is 10.6 Å². The molecule has 1 aliphatic rings. The molecule has 0 bridgehead atoms. The second kappa shape index (κ2) is 12.9. The summed E-state index contributed by atoms with van der Waals surface area (Å²) in [5.74, 6) is 0.810. The maximum atomic E-state index is 11.9. The van der Waals surface area contributed by atoms with E-state index in [0.717, 1.165) is 25.7 Å². The van der Waals surface area contributed by atoms with Crippen LogP contribution in [0, 0.1) is 5.92 Å². The maximum absolute atomic E-state index is 11.9. The summed E-state index contributed by atoms with van der Waals surface area (Å²) in [5.41, 5.74) is 0. The van der Waals surface area contributed by atoms with Crippen molar-refractivity contribution in [2.75, 3.05) is 19.8 Å². The Morgan fingerprint density at radius 1 is 1.00 bits per heavy atom. The van der Waals surface area contributed by atoms with Crippen LogP contribution in [0.2, 0.25) is 0 Å². The molecular formula is C19H38N2O4. The van der Waals surface area contributed by atoms with Crippen LogP contribution >= 0.6 is 0 Å². The van der Waals surface area contributed by atoms with Gasteiger partial charge >= 0.3 is 0 Å². The van der Waals surface area contributed by atoms with Crippen LogP contribution in [0.5, 0.6) is 0 Å². The molecule has 2 N–H and O–H groups in total. The lowest BCUT2D eigenvalue weighted by atomic mass is 9.86. The van der Waals surface area contributed by atoms with Crippen LogP contribution in [-0.2, 0) is 19.1 Å². The van der Waals surface area contributed by atoms with E-state index in [1.807, 2.05) is 13.8 Å². The summed E-state index contributed by atoms with van der Waals surface area (Å²) in [6, 6.07) is 0.235. The van der Waals surface area contributed by atoms with Gasteiger partial charge in [-0.25, -0.2) is 0 Å². The molecule has 1 fully saturated rings. The van der Waals surface area contributed by atoms with E-state index in [1.165, 1.54) is 0 Å². The molecule has 0 aromatic heterocycles. The summed E-state index contributed by atoms with van der Waals surface area (Å²) in [7, 11) is 0. The van der Waals surface area contributed by atoms with Crippen molar-refractivity contribution in [3.8, 4) is 0 Å². The molecule has 0 radical (unpaired) electrons. The molecule has 0 aliphatic heterocycles. The molecule has 0 heterocycles. The maximum Gasteiger partial charge on any atom is 0.222 e. The monoisotopic (exact) mass is 358 g/mol. The second-order valence-corrected chi connectivity index (χ2v) is 6.78. The van der Waals surface area contributed by atoms with Crippen LogP contribution in [0.4, 0.5) is 0 Å². The summed E-state index contributed by atoms with van der Waals surface area (Å²) in [6.07, 6.45) is 6.49. The summed E-state index contributed by atoms with van der Waals surface area (Å²) < 4.78 is 5.17. The van der Waals surface area contributed by atoms with Gasteiger partial charge in [-0.2, -0.15) is 0 Å². The number of Topliss-reactive ketones (excluding diaryl/α,β-unsaturated/α-hetero) is 1. The zero-order valence-corrected chi connectivity index (χ0v) is 15.8. The highest BCUT2D eigenvalue weighted by Gasteiger charge is 2.22. The van der Waals surface area contributed by atoms with Crippen molar-refractivity contribution in [1.29, 1.82) is 0 Å². The average Bonchev–Trinajstić information content (AvgIpc) is 2.61. The topological polar surface area (TPSA) is 84.5 Å². The molecule has 1 aliphatic carbocycles. The van der Waals surface area contributed by atoms with E-state index >= 15 is 0 Å². The minimum absolute atomic E-state index is 0.